The van der Waals surface area contributed by atoms with E-state index in [1.807, 2.05) is 0 Å². The minimum Gasteiger partial charge on any atom is -0.504 e. The van der Waals surface area contributed by atoms with Gasteiger partial charge in [0.25, 0.3) is 0 Å². The second kappa shape index (κ2) is 5.13. The van der Waals surface area contributed by atoms with Crippen molar-refractivity contribution in [2.75, 3.05) is 0 Å². The summed E-state index contributed by atoms with van der Waals surface area (Å²) in [6, 6.07) is 2.93. The van der Waals surface area contributed by atoms with Gasteiger partial charge >= 0.3 is 5.97 Å². The first-order chi connectivity index (χ1) is 10.2. The first kappa shape index (κ1) is 14.9. The molecule has 0 aliphatic rings. The second-order valence-corrected chi connectivity index (χ2v) is 4.17. The summed E-state index contributed by atoms with van der Waals surface area (Å²) in [4.78, 5) is 11.8. The summed E-state index contributed by atoms with van der Waals surface area (Å²) < 4.78 is 4.61. The molecule has 0 aliphatic carbocycles. The van der Waals surface area contributed by atoms with Gasteiger partial charge in [-0.1, -0.05) is 0 Å². The molecule has 0 aromatic heterocycles. The average Bonchev–Trinajstić information content (AvgIpc) is 2.50. The number of hydrogen-bond acceptors (Lipinski definition) is 9. The van der Waals surface area contributed by atoms with Crippen LogP contribution in [0.5, 0.6) is 46.0 Å². The van der Waals surface area contributed by atoms with Gasteiger partial charge in [0.1, 0.15) is 0 Å². The Morgan fingerprint density at radius 1 is 0.727 bits per heavy atom. The summed E-state index contributed by atoms with van der Waals surface area (Å²) in [5, 5.41) is 65.3. The molecule has 0 amide bonds. The van der Waals surface area contributed by atoms with E-state index in [2.05, 4.69) is 4.74 Å². The molecule has 116 valence electrons. The SMILES string of the molecule is O=C(Oc1c(O)c(O)c(O)c(O)c1O)c1ccc(O)c(O)c1. The van der Waals surface area contributed by atoms with Crippen LogP contribution in [0.4, 0.5) is 0 Å². The van der Waals surface area contributed by atoms with E-state index in [-0.39, 0.29) is 5.56 Å². The van der Waals surface area contributed by atoms with Crippen LogP contribution in [0.2, 0.25) is 0 Å². The summed E-state index contributed by atoms with van der Waals surface area (Å²) >= 11 is 0. The van der Waals surface area contributed by atoms with Crippen LogP contribution in [-0.4, -0.2) is 41.7 Å². The third-order valence-corrected chi connectivity index (χ3v) is 2.73. The van der Waals surface area contributed by atoms with Gasteiger partial charge in [0.05, 0.1) is 5.56 Å². The molecule has 0 aliphatic heterocycles. The highest BCUT2D eigenvalue weighted by Crippen LogP contribution is 2.55. The van der Waals surface area contributed by atoms with Crippen molar-refractivity contribution in [3.05, 3.63) is 23.8 Å². The van der Waals surface area contributed by atoms with E-state index in [9.17, 15) is 35.4 Å². The van der Waals surface area contributed by atoms with Crippen LogP contribution in [-0.2, 0) is 0 Å². The maximum atomic E-state index is 11.8. The lowest BCUT2D eigenvalue weighted by molar-refractivity contribution is 0.0722. The Bertz CT molecular complexity index is 738. The van der Waals surface area contributed by atoms with Gasteiger partial charge in [-0.3, -0.25) is 0 Å². The maximum absolute atomic E-state index is 11.8. The highest BCUT2D eigenvalue weighted by Gasteiger charge is 2.26. The molecule has 2 aromatic rings. The Balaban J connectivity index is 2.42. The lowest BCUT2D eigenvalue weighted by Crippen LogP contribution is -2.08. The van der Waals surface area contributed by atoms with Gasteiger partial charge in [0, 0.05) is 0 Å². The summed E-state index contributed by atoms with van der Waals surface area (Å²) in [6.07, 6.45) is 0. The van der Waals surface area contributed by atoms with Crippen molar-refractivity contribution in [3.63, 3.8) is 0 Å². The highest BCUT2D eigenvalue weighted by atomic mass is 16.5. The molecule has 7 N–H and O–H groups in total. The monoisotopic (exact) mass is 310 g/mol. The topological polar surface area (TPSA) is 168 Å². The van der Waals surface area contributed by atoms with E-state index in [0.717, 1.165) is 18.2 Å². The third-order valence-electron chi connectivity index (χ3n) is 2.73. The molecule has 0 heterocycles. The molecule has 0 fully saturated rings. The van der Waals surface area contributed by atoms with Crippen LogP contribution >= 0.6 is 0 Å². The van der Waals surface area contributed by atoms with Crippen molar-refractivity contribution in [1.29, 1.82) is 0 Å². The quantitative estimate of drug-likeness (QED) is 0.184. The number of aromatic hydroxyl groups is 7. The van der Waals surface area contributed by atoms with Gasteiger partial charge in [-0.25, -0.2) is 4.79 Å². The molecule has 0 bridgehead atoms. The smallest absolute Gasteiger partial charge is 0.343 e. The zero-order valence-corrected chi connectivity index (χ0v) is 10.7. The third kappa shape index (κ3) is 2.30. The zero-order chi connectivity index (χ0) is 16.6. The number of hydrogen-bond donors (Lipinski definition) is 7. The van der Waals surface area contributed by atoms with E-state index in [1.54, 1.807) is 0 Å². The van der Waals surface area contributed by atoms with Crippen LogP contribution in [0, 0.1) is 0 Å². The highest BCUT2D eigenvalue weighted by molar-refractivity contribution is 5.93. The van der Waals surface area contributed by atoms with Crippen molar-refractivity contribution >= 4 is 5.97 Å². The molecule has 2 rings (SSSR count). The van der Waals surface area contributed by atoms with Gasteiger partial charge < -0.3 is 40.5 Å². The second-order valence-electron chi connectivity index (χ2n) is 4.17. The fourth-order valence-corrected chi connectivity index (χ4v) is 1.56. The van der Waals surface area contributed by atoms with Crippen molar-refractivity contribution in [3.8, 4) is 46.0 Å². The minimum atomic E-state index is -1.20. The number of phenols is 7. The zero-order valence-electron chi connectivity index (χ0n) is 10.7. The Labute approximate surface area is 122 Å². The Kier molecular flexibility index (Phi) is 3.47. The first-order valence-corrected chi connectivity index (χ1v) is 5.67. The fraction of sp³-hybridized carbons (Fsp3) is 0. The van der Waals surface area contributed by atoms with Crippen LogP contribution in [0.3, 0.4) is 0 Å². The molecular weight excluding hydrogens is 300 g/mol. The minimum absolute atomic E-state index is 0.263. The molecule has 0 saturated heterocycles. The summed E-state index contributed by atoms with van der Waals surface area (Å²) in [7, 11) is 0. The summed E-state index contributed by atoms with van der Waals surface area (Å²) in [6.45, 7) is 0. The number of esters is 1. The van der Waals surface area contributed by atoms with Crippen LogP contribution in [0.1, 0.15) is 10.4 Å². The number of phenolic OH excluding ortho intramolecular Hbond substituents is 7. The van der Waals surface area contributed by atoms with Gasteiger partial charge in [-0.15, -0.1) is 0 Å². The van der Waals surface area contributed by atoms with Crippen molar-refractivity contribution < 1.29 is 45.3 Å². The lowest BCUT2D eigenvalue weighted by atomic mass is 10.2. The van der Waals surface area contributed by atoms with E-state index in [1.165, 1.54) is 0 Å². The van der Waals surface area contributed by atoms with Gasteiger partial charge in [0.2, 0.25) is 34.5 Å². The Morgan fingerprint density at radius 2 is 1.23 bits per heavy atom. The molecule has 9 heteroatoms. The van der Waals surface area contributed by atoms with Crippen molar-refractivity contribution in [2.24, 2.45) is 0 Å². The standard InChI is InChI=1S/C13H10O9/c14-5-2-1-4(3-6(5)15)13(21)22-12-10(19)8(17)7(16)9(18)11(12)20/h1-3,14-20H. The summed E-state index contributed by atoms with van der Waals surface area (Å²) in [5.74, 6) is -9.24. The van der Waals surface area contributed by atoms with Crippen LogP contribution in [0.15, 0.2) is 18.2 Å². The first-order valence-electron chi connectivity index (χ1n) is 5.67. The lowest BCUT2D eigenvalue weighted by Gasteiger charge is -2.12. The van der Waals surface area contributed by atoms with E-state index >= 15 is 0 Å². The fourth-order valence-electron chi connectivity index (χ4n) is 1.56. The van der Waals surface area contributed by atoms with Crippen LogP contribution < -0.4 is 4.74 Å². The number of carbonyl (C=O) groups excluding carboxylic acids is 1. The normalized spacial score (nSPS) is 10.4. The molecule has 0 spiro atoms. The van der Waals surface area contributed by atoms with Crippen molar-refractivity contribution in [1.82, 2.24) is 0 Å². The Morgan fingerprint density at radius 3 is 1.73 bits per heavy atom. The number of rotatable bonds is 2. The molecule has 2 aromatic carbocycles. The van der Waals surface area contributed by atoms with E-state index < -0.39 is 52.0 Å². The van der Waals surface area contributed by atoms with E-state index in [4.69, 9.17) is 5.11 Å². The Hall–Kier alpha value is -3.49. The van der Waals surface area contributed by atoms with Crippen LogP contribution in [0.25, 0.3) is 0 Å². The maximum Gasteiger partial charge on any atom is 0.343 e. The molecule has 0 radical (unpaired) electrons. The van der Waals surface area contributed by atoms with Gasteiger partial charge in [0.15, 0.2) is 11.5 Å². The molecule has 0 unspecified atom stereocenters. The predicted molar refractivity (Wildman–Crippen MR) is 69.5 cm³/mol. The van der Waals surface area contributed by atoms with Crippen molar-refractivity contribution in [2.45, 2.75) is 0 Å². The van der Waals surface area contributed by atoms with Gasteiger partial charge in [-0.05, 0) is 18.2 Å². The largest absolute Gasteiger partial charge is 0.504 e. The van der Waals surface area contributed by atoms with E-state index in [0.29, 0.717) is 0 Å². The predicted octanol–water partition coefficient (Wildman–Crippen LogP) is 0.845. The molecule has 22 heavy (non-hydrogen) atoms. The number of benzene rings is 2. The molecule has 0 saturated carbocycles. The molecular formula is C13H10O9. The van der Waals surface area contributed by atoms with Gasteiger partial charge in [-0.2, -0.15) is 0 Å². The molecule has 0 atom stereocenters. The molecule has 9 nitrogen and oxygen atoms in total. The average molecular weight is 310 g/mol. The number of carbonyl (C=O) groups is 1. The summed E-state index contributed by atoms with van der Waals surface area (Å²) in [5.41, 5.74) is -0.263. The number of ether oxygens (including phenoxy) is 1.